The Morgan fingerprint density at radius 3 is 2.77 bits per heavy atom. The Bertz CT molecular complexity index is 890. The van der Waals surface area contributed by atoms with E-state index in [0.717, 1.165) is 17.7 Å². The van der Waals surface area contributed by atoms with Gasteiger partial charge in [0, 0.05) is 30.1 Å². The molecule has 0 fully saturated rings. The van der Waals surface area contributed by atoms with Crippen LogP contribution in [0.5, 0.6) is 0 Å². The van der Waals surface area contributed by atoms with E-state index in [1.165, 1.54) is 5.56 Å². The Labute approximate surface area is 159 Å². The van der Waals surface area contributed by atoms with Crippen LogP contribution in [0.25, 0.3) is 0 Å². The maximum Gasteiger partial charge on any atom is 0.335 e. The van der Waals surface area contributed by atoms with Gasteiger partial charge in [-0.2, -0.15) is 0 Å². The van der Waals surface area contributed by atoms with E-state index in [-0.39, 0.29) is 11.1 Å². The number of halogens is 1. The van der Waals surface area contributed by atoms with Crippen molar-refractivity contribution in [3.63, 3.8) is 0 Å². The second kappa shape index (κ2) is 6.76. The number of fused-ring (bicyclic) bond motifs is 1. The minimum absolute atomic E-state index is 0.0859. The van der Waals surface area contributed by atoms with E-state index in [1.807, 2.05) is 6.07 Å². The lowest BCUT2D eigenvalue weighted by Crippen LogP contribution is -2.45. The summed E-state index contributed by atoms with van der Waals surface area (Å²) in [6.07, 6.45) is 2.77. The van der Waals surface area contributed by atoms with E-state index in [2.05, 4.69) is 43.8 Å². The van der Waals surface area contributed by atoms with E-state index in [0.29, 0.717) is 16.6 Å². The molecule has 0 aliphatic carbocycles. The molecule has 0 saturated heterocycles. The molecule has 0 aromatic heterocycles. The largest absolute Gasteiger partial charge is 0.478 e. The van der Waals surface area contributed by atoms with Crippen LogP contribution in [0.4, 0.5) is 11.4 Å². The molecule has 1 unspecified atom stereocenters. The van der Waals surface area contributed by atoms with Crippen molar-refractivity contribution in [2.45, 2.75) is 38.6 Å². The summed E-state index contributed by atoms with van der Waals surface area (Å²) in [6, 6.07) is 10.6. The first-order valence-corrected chi connectivity index (χ1v) is 9.01. The lowest BCUT2D eigenvalue weighted by Gasteiger charge is -2.45. The molecule has 136 valence electrons. The van der Waals surface area contributed by atoms with Crippen molar-refractivity contribution in [1.29, 1.82) is 0 Å². The summed E-state index contributed by atoms with van der Waals surface area (Å²) in [7, 11) is 2.10. The molecule has 5 heteroatoms. The molecule has 0 spiro atoms. The number of benzene rings is 2. The molecule has 2 aromatic rings. The van der Waals surface area contributed by atoms with Crippen LogP contribution < -0.4 is 4.90 Å². The molecule has 0 amide bonds. The highest BCUT2D eigenvalue weighted by Gasteiger charge is 2.34. The van der Waals surface area contributed by atoms with Gasteiger partial charge < -0.3 is 10.0 Å². The highest BCUT2D eigenvalue weighted by Crippen LogP contribution is 2.44. The van der Waals surface area contributed by atoms with Crippen LogP contribution in [0.2, 0.25) is 5.02 Å². The number of carbonyl (C=O) groups is 1. The van der Waals surface area contributed by atoms with Crippen molar-refractivity contribution in [3.8, 4) is 0 Å². The number of anilines is 1. The van der Waals surface area contributed by atoms with Gasteiger partial charge in [0.05, 0.1) is 16.3 Å². The fourth-order valence-electron chi connectivity index (χ4n) is 3.57. The normalized spacial score (nSPS) is 18.8. The Morgan fingerprint density at radius 1 is 1.35 bits per heavy atom. The van der Waals surface area contributed by atoms with Crippen LogP contribution in [0, 0.1) is 0 Å². The Hall–Kier alpha value is -2.33. The third kappa shape index (κ3) is 3.47. The minimum Gasteiger partial charge on any atom is -0.478 e. The zero-order valence-electron chi connectivity index (χ0n) is 15.5. The Balaban J connectivity index is 1.97. The Morgan fingerprint density at radius 2 is 2.08 bits per heavy atom. The molecule has 2 aromatic carbocycles. The van der Waals surface area contributed by atoms with Crippen LogP contribution in [0.15, 0.2) is 41.4 Å². The molecular weight excluding hydrogens is 348 g/mol. The molecule has 0 bridgehead atoms. The fraction of sp³-hybridized carbons (Fsp3) is 0.333. The number of carboxylic acids is 1. The van der Waals surface area contributed by atoms with Gasteiger partial charge in [-0.1, -0.05) is 24.6 Å². The van der Waals surface area contributed by atoms with Gasteiger partial charge >= 0.3 is 5.97 Å². The van der Waals surface area contributed by atoms with Gasteiger partial charge in [0.25, 0.3) is 0 Å². The van der Waals surface area contributed by atoms with Gasteiger partial charge in [0.1, 0.15) is 0 Å². The molecule has 1 aliphatic rings. The first-order valence-electron chi connectivity index (χ1n) is 8.64. The van der Waals surface area contributed by atoms with Crippen molar-refractivity contribution in [1.82, 2.24) is 0 Å². The molecule has 1 N–H and O–H groups in total. The number of hydrogen-bond donors (Lipinski definition) is 1. The van der Waals surface area contributed by atoms with Crippen molar-refractivity contribution >= 4 is 35.2 Å². The van der Waals surface area contributed by atoms with Gasteiger partial charge in [0.2, 0.25) is 0 Å². The van der Waals surface area contributed by atoms with Crippen molar-refractivity contribution in [2.75, 3.05) is 11.9 Å². The lowest BCUT2D eigenvalue weighted by molar-refractivity contribution is 0.0697. The summed E-state index contributed by atoms with van der Waals surface area (Å²) in [6.45, 7) is 6.72. The number of aliphatic imine (C=N–C) groups is 1. The van der Waals surface area contributed by atoms with Gasteiger partial charge in [-0.05, 0) is 62.1 Å². The summed E-state index contributed by atoms with van der Waals surface area (Å²) >= 11 is 6.50. The van der Waals surface area contributed by atoms with Crippen LogP contribution in [-0.4, -0.2) is 29.9 Å². The summed E-state index contributed by atoms with van der Waals surface area (Å²) in [4.78, 5) is 17.8. The fourth-order valence-corrected chi connectivity index (χ4v) is 3.77. The predicted octanol–water partition coefficient (Wildman–Crippen LogP) is 5.51. The van der Waals surface area contributed by atoms with Crippen LogP contribution in [-0.2, 0) is 0 Å². The van der Waals surface area contributed by atoms with E-state index in [4.69, 9.17) is 16.7 Å². The zero-order valence-corrected chi connectivity index (χ0v) is 16.2. The van der Waals surface area contributed by atoms with E-state index in [1.54, 1.807) is 30.5 Å². The smallest absolute Gasteiger partial charge is 0.335 e. The summed E-state index contributed by atoms with van der Waals surface area (Å²) < 4.78 is 0. The first kappa shape index (κ1) is 18.5. The monoisotopic (exact) mass is 370 g/mol. The lowest BCUT2D eigenvalue weighted by atomic mass is 9.80. The number of nitrogens with zero attached hydrogens (tertiary/aromatic N) is 2. The van der Waals surface area contributed by atoms with Gasteiger partial charge in [-0.15, -0.1) is 0 Å². The van der Waals surface area contributed by atoms with Crippen molar-refractivity contribution in [2.24, 2.45) is 4.99 Å². The molecule has 0 saturated carbocycles. The number of rotatable bonds is 3. The summed E-state index contributed by atoms with van der Waals surface area (Å²) in [5.41, 5.74) is 4.15. The minimum atomic E-state index is -0.965. The third-order valence-electron chi connectivity index (χ3n) is 5.20. The van der Waals surface area contributed by atoms with Crippen molar-refractivity contribution in [3.05, 3.63) is 58.1 Å². The van der Waals surface area contributed by atoms with Crippen LogP contribution in [0.3, 0.4) is 0 Å². The third-order valence-corrected chi connectivity index (χ3v) is 5.53. The summed E-state index contributed by atoms with van der Waals surface area (Å²) in [5, 5.41) is 9.73. The molecular formula is C21H23ClN2O2. The van der Waals surface area contributed by atoms with E-state index in [9.17, 15) is 4.79 Å². The molecule has 1 aliphatic heterocycles. The maximum atomic E-state index is 11.1. The van der Waals surface area contributed by atoms with E-state index < -0.39 is 5.97 Å². The quantitative estimate of drug-likeness (QED) is 0.724. The number of carboxylic acid groups (broad SMARTS) is 1. The Kier molecular flexibility index (Phi) is 4.80. The molecule has 0 radical (unpaired) electrons. The zero-order chi connectivity index (χ0) is 19.1. The van der Waals surface area contributed by atoms with Crippen molar-refractivity contribution < 1.29 is 9.90 Å². The molecule has 3 rings (SSSR count). The molecule has 1 atom stereocenters. The number of hydrogen-bond acceptors (Lipinski definition) is 3. The second-order valence-electron chi connectivity index (χ2n) is 7.52. The van der Waals surface area contributed by atoms with Crippen LogP contribution >= 0.6 is 11.6 Å². The number of aromatic carboxylic acids is 1. The first-order chi connectivity index (χ1) is 12.2. The average Bonchev–Trinajstić information content (AvgIpc) is 2.58. The van der Waals surface area contributed by atoms with Gasteiger partial charge in [0.15, 0.2) is 0 Å². The van der Waals surface area contributed by atoms with E-state index >= 15 is 0 Å². The maximum absolute atomic E-state index is 11.1. The molecule has 1 heterocycles. The second-order valence-corrected chi connectivity index (χ2v) is 7.93. The summed E-state index contributed by atoms with van der Waals surface area (Å²) in [5.74, 6) is -0.538. The predicted molar refractivity (Wildman–Crippen MR) is 108 cm³/mol. The average molecular weight is 371 g/mol. The molecule has 26 heavy (non-hydrogen) atoms. The van der Waals surface area contributed by atoms with Gasteiger partial charge in [-0.25, -0.2) is 4.79 Å². The highest BCUT2D eigenvalue weighted by atomic mass is 35.5. The SMILES string of the molecule is CC1CC(C)(C)N(C)c2cc(Cl)c(C=Nc3cccc(C(=O)O)c3)cc21. The topological polar surface area (TPSA) is 52.9 Å². The van der Waals surface area contributed by atoms with Crippen LogP contribution in [0.1, 0.15) is 54.6 Å². The van der Waals surface area contributed by atoms with Gasteiger partial charge in [-0.3, -0.25) is 4.99 Å². The standard InChI is InChI=1S/C21H23ClN2O2/c1-13-11-21(2,3)24(4)19-10-18(22)15(9-17(13)19)12-23-16-7-5-6-14(8-16)20(25)26/h5-10,12-13H,11H2,1-4H3,(H,25,26). The highest BCUT2D eigenvalue weighted by molar-refractivity contribution is 6.33. The molecule has 4 nitrogen and oxygen atoms in total.